The molecule has 3 atom stereocenters. The maximum Gasteiger partial charge on any atom is 0.0730 e. The molecule has 2 aliphatic heterocycles. The van der Waals surface area contributed by atoms with E-state index in [9.17, 15) is 5.11 Å². The lowest BCUT2D eigenvalue weighted by molar-refractivity contribution is 0.107. The van der Waals surface area contributed by atoms with Crippen LogP contribution < -0.4 is 5.32 Å². The van der Waals surface area contributed by atoms with E-state index in [0.717, 1.165) is 19.8 Å². The van der Waals surface area contributed by atoms with E-state index in [-0.39, 0.29) is 6.10 Å². The average molecular weight is 129 g/mol. The van der Waals surface area contributed by atoms with Gasteiger partial charge in [0.05, 0.1) is 19.3 Å². The van der Waals surface area contributed by atoms with Crippen LogP contribution in [-0.4, -0.2) is 37.0 Å². The first kappa shape index (κ1) is 5.65. The molecule has 0 saturated carbocycles. The minimum absolute atomic E-state index is 0.169. The zero-order valence-electron chi connectivity index (χ0n) is 5.21. The van der Waals surface area contributed by atoms with Crippen molar-refractivity contribution >= 4 is 0 Å². The lowest BCUT2D eigenvalue weighted by Gasteiger charge is -2.07. The number of fused-ring (bicyclic) bond motifs is 1. The number of aliphatic hydroxyl groups excluding tert-OH is 1. The number of β-amino-alcohol motifs (C(OH)–C–C–N with tert-alkyl or cyclic N) is 1. The van der Waals surface area contributed by atoms with Crippen molar-refractivity contribution in [3.05, 3.63) is 0 Å². The highest BCUT2D eigenvalue weighted by Gasteiger charge is 2.38. The fourth-order valence-electron chi connectivity index (χ4n) is 1.58. The number of ether oxygens (including phenoxy) is 1. The first-order valence-corrected chi connectivity index (χ1v) is 3.37. The maximum absolute atomic E-state index is 9.26. The zero-order valence-corrected chi connectivity index (χ0v) is 5.21. The maximum atomic E-state index is 9.26. The van der Waals surface area contributed by atoms with Crippen molar-refractivity contribution in [1.29, 1.82) is 0 Å². The Morgan fingerprint density at radius 1 is 1.44 bits per heavy atom. The van der Waals surface area contributed by atoms with Gasteiger partial charge in [0.15, 0.2) is 0 Å². The van der Waals surface area contributed by atoms with E-state index < -0.39 is 0 Å². The molecule has 0 unspecified atom stereocenters. The first-order valence-electron chi connectivity index (χ1n) is 3.37. The van der Waals surface area contributed by atoms with E-state index in [1.54, 1.807) is 0 Å². The van der Waals surface area contributed by atoms with E-state index in [1.165, 1.54) is 0 Å². The summed E-state index contributed by atoms with van der Waals surface area (Å²) in [4.78, 5) is 0. The molecule has 0 radical (unpaired) electrons. The van der Waals surface area contributed by atoms with Crippen LogP contribution in [0.1, 0.15) is 0 Å². The quantitative estimate of drug-likeness (QED) is 0.439. The highest BCUT2D eigenvalue weighted by atomic mass is 16.5. The molecule has 0 spiro atoms. The molecule has 2 fully saturated rings. The molecule has 2 saturated heterocycles. The van der Waals surface area contributed by atoms with Crippen LogP contribution in [0.25, 0.3) is 0 Å². The Morgan fingerprint density at radius 2 is 2.33 bits per heavy atom. The summed E-state index contributed by atoms with van der Waals surface area (Å²) < 4.78 is 5.16. The molecule has 0 aromatic heterocycles. The molecule has 0 aromatic carbocycles. The average Bonchev–Trinajstić information content (AvgIpc) is 2.35. The Hall–Kier alpha value is -0.120. The summed E-state index contributed by atoms with van der Waals surface area (Å²) in [7, 11) is 0. The minimum Gasteiger partial charge on any atom is -0.391 e. The SMILES string of the molecule is O[C@H]1CN[C@@H]2COC[C@H]12. The van der Waals surface area contributed by atoms with E-state index in [1.807, 2.05) is 0 Å². The summed E-state index contributed by atoms with van der Waals surface area (Å²) in [6, 6.07) is 0.431. The second kappa shape index (κ2) is 1.94. The molecule has 0 aliphatic carbocycles. The van der Waals surface area contributed by atoms with Gasteiger partial charge in [-0.25, -0.2) is 0 Å². The Labute approximate surface area is 54.0 Å². The second-order valence-electron chi connectivity index (χ2n) is 2.78. The van der Waals surface area contributed by atoms with Gasteiger partial charge in [-0.15, -0.1) is 0 Å². The predicted molar refractivity (Wildman–Crippen MR) is 32.1 cm³/mol. The van der Waals surface area contributed by atoms with Crippen molar-refractivity contribution in [2.75, 3.05) is 19.8 Å². The van der Waals surface area contributed by atoms with Gasteiger partial charge in [0.1, 0.15) is 0 Å². The van der Waals surface area contributed by atoms with Gasteiger partial charge in [0.2, 0.25) is 0 Å². The summed E-state index contributed by atoms with van der Waals surface area (Å²) in [6.07, 6.45) is -0.169. The molecule has 3 heteroatoms. The Balaban J connectivity index is 2.07. The molecule has 2 aliphatic rings. The summed E-state index contributed by atoms with van der Waals surface area (Å²) >= 11 is 0. The van der Waals surface area contributed by atoms with Crippen LogP contribution in [0.15, 0.2) is 0 Å². The summed E-state index contributed by atoms with van der Waals surface area (Å²) in [6.45, 7) is 2.26. The number of hydrogen-bond acceptors (Lipinski definition) is 3. The fraction of sp³-hybridized carbons (Fsp3) is 1.00. The topological polar surface area (TPSA) is 41.5 Å². The third kappa shape index (κ3) is 0.764. The van der Waals surface area contributed by atoms with Crippen LogP contribution in [0.4, 0.5) is 0 Å². The van der Waals surface area contributed by atoms with Crippen molar-refractivity contribution in [3.8, 4) is 0 Å². The van der Waals surface area contributed by atoms with E-state index in [2.05, 4.69) is 5.32 Å². The van der Waals surface area contributed by atoms with Gasteiger partial charge in [-0.2, -0.15) is 0 Å². The van der Waals surface area contributed by atoms with Gasteiger partial charge in [-0.1, -0.05) is 0 Å². The lowest BCUT2D eigenvalue weighted by atomic mass is 10.0. The largest absolute Gasteiger partial charge is 0.391 e. The second-order valence-corrected chi connectivity index (χ2v) is 2.78. The van der Waals surface area contributed by atoms with Gasteiger partial charge < -0.3 is 15.2 Å². The monoisotopic (exact) mass is 129 g/mol. The molecule has 0 aromatic rings. The number of aliphatic hydroxyl groups is 1. The lowest BCUT2D eigenvalue weighted by Crippen LogP contribution is -2.26. The molecule has 2 N–H and O–H groups in total. The van der Waals surface area contributed by atoms with Crippen molar-refractivity contribution in [3.63, 3.8) is 0 Å². The van der Waals surface area contributed by atoms with Crippen LogP contribution in [0, 0.1) is 5.92 Å². The first-order chi connectivity index (χ1) is 4.38. The Bertz CT molecular complexity index is 118. The van der Waals surface area contributed by atoms with Crippen LogP contribution in [-0.2, 0) is 4.74 Å². The molecular weight excluding hydrogens is 118 g/mol. The Morgan fingerprint density at radius 3 is 3.11 bits per heavy atom. The van der Waals surface area contributed by atoms with Crippen LogP contribution in [0.2, 0.25) is 0 Å². The normalized spacial score (nSPS) is 49.7. The standard InChI is InChI=1S/C6H11NO2/c8-6-1-7-5-3-9-2-4(5)6/h4-8H,1-3H2/t4-,5+,6-/m0/s1. The zero-order chi connectivity index (χ0) is 6.27. The molecule has 2 rings (SSSR count). The molecule has 0 bridgehead atoms. The van der Waals surface area contributed by atoms with Crippen molar-refractivity contribution < 1.29 is 9.84 Å². The Kier molecular flexibility index (Phi) is 1.22. The molecule has 9 heavy (non-hydrogen) atoms. The summed E-state index contributed by atoms with van der Waals surface area (Å²) in [5.74, 6) is 0.366. The highest BCUT2D eigenvalue weighted by Crippen LogP contribution is 2.22. The molecule has 2 heterocycles. The highest BCUT2D eigenvalue weighted by molar-refractivity contribution is 4.93. The van der Waals surface area contributed by atoms with Crippen LogP contribution >= 0.6 is 0 Å². The van der Waals surface area contributed by atoms with E-state index in [0.29, 0.717) is 12.0 Å². The smallest absolute Gasteiger partial charge is 0.0730 e. The third-order valence-electron chi connectivity index (χ3n) is 2.21. The van der Waals surface area contributed by atoms with Crippen molar-refractivity contribution in [2.45, 2.75) is 12.1 Å². The number of nitrogens with one attached hydrogen (secondary N) is 1. The van der Waals surface area contributed by atoms with Gasteiger partial charge in [0.25, 0.3) is 0 Å². The van der Waals surface area contributed by atoms with Gasteiger partial charge in [-0.3, -0.25) is 0 Å². The van der Waals surface area contributed by atoms with Gasteiger partial charge in [0, 0.05) is 18.5 Å². The molecule has 52 valence electrons. The number of hydrogen-bond donors (Lipinski definition) is 2. The number of rotatable bonds is 0. The third-order valence-corrected chi connectivity index (χ3v) is 2.21. The summed E-state index contributed by atoms with van der Waals surface area (Å²) in [5.41, 5.74) is 0. The predicted octanol–water partition coefficient (Wildman–Crippen LogP) is -1.03. The van der Waals surface area contributed by atoms with Gasteiger partial charge in [-0.05, 0) is 0 Å². The molecule has 3 nitrogen and oxygen atoms in total. The minimum atomic E-state index is -0.169. The van der Waals surface area contributed by atoms with Crippen LogP contribution in [0.3, 0.4) is 0 Å². The van der Waals surface area contributed by atoms with Crippen LogP contribution in [0.5, 0.6) is 0 Å². The molecular formula is C6H11NO2. The summed E-state index contributed by atoms with van der Waals surface area (Å²) in [5, 5.41) is 12.5. The van der Waals surface area contributed by atoms with Crippen molar-refractivity contribution in [1.82, 2.24) is 5.32 Å². The molecule has 0 amide bonds. The fourth-order valence-corrected chi connectivity index (χ4v) is 1.58. The van der Waals surface area contributed by atoms with Gasteiger partial charge >= 0.3 is 0 Å². The van der Waals surface area contributed by atoms with E-state index in [4.69, 9.17) is 4.74 Å². The van der Waals surface area contributed by atoms with E-state index >= 15 is 0 Å². The van der Waals surface area contributed by atoms with Crippen molar-refractivity contribution in [2.24, 2.45) is 5.92 Å².